The van der Waals surface area contributed by atoms with Gasteiger partial charge >= 0.3 is 0 Å². The lowest BCUT2D eigenvalue weighted by molar-refractivity contribution is 0.425. The minimum absolute atomic E-state index is 0.596. The van der Waals surface area contributed by atoms with E-state index in [4.69, 9.17) is 0 Å². The van der Waals surface area contributed by atoms with Gasteiger partial charge in [-0.1, -0.05) is 22.0 Å². The fourth-order valence-electron chi connectivity index (χ4n) is 2.37. The Kier molecular flexibility index (Phi) is 6.14. The van der Waals surface area contributed by atoms with Crippen molar-refractivity contribution in [3.63, 3.8) is 0 Å². The highest BCUT2D eigenvalue weighted by Gasteiger charge is 2.07. The van der Waals surface area contributed by atoms with E-state index in [9.17, 15) is 0 Å². The molecule has 0 radical (unpaired) electrons. The van der Waals surface area contributed by atoms with Crippen LogP contribution >= 0.6 is 15.9 Å². The van der Waals surface area contributed by atoms with Gasteiger partial charge < -0.3 is 15.5 Å². The molecule has 0 spiro atoms. The highest BCUT2D eigenvalue weighted by Crippen LogP contribution is 2.24. The molecule has 0 aliphatic rings. The smallest absolute Gasteiger partial charge is 0.225 e. The number of aromatic nitrogens is 3. The average Bonchev–Trinajstić information content (AvgIpc) is 2.62. The number of nitrogens with zero attached hydrogens (tertiary/aromatic N) is 4. The van der Waals surface area contributed by atoms with Crippen LogP contribution in [0, 0.1) is 0 Å². The van der Waals surface area contributed by atoms with Crippen LogP contribution in [0.2, 0.25) is 0 Å². The van der Waals surface area contributed by atoms with Gasteiger partial charge in [0.1, 0.15) is 5.82 Å². The summed E-state index contributed by atoms with van der Waals surface area (Å²) in [5.41, 5.74) is 2.79. The van der Waals surface area contributed by atoms with Crippen LogP contribution in [-0.4, -0.2) is 47.0 Å². The Labute approximate surface area is 161 Å². The Balaban J connectivity index is 1.89. The maximum Gasteiger partial charge on any atom is 0.225 e. The highest BCUT2D eigenvalue weighted by atomic mass is 79.9. The average molecular weight is 413 g/mol. The van der Waals surface area contributed by atoms with Gasteiger partial charge in [-0.3, -0.25) is 4.98 Å². The number of benzene rings is 1. The number of hydrogen-bond donors (Lipinski definition) is 2. The van der Waals surface area contributed by atoms with Crippen molar-refractivity contribution in [2.24, 2.45) is 0 Å². The van der Waals surface area contributed by atoms with Crippen molar-refractivity contribution >= 4 is 33.4 Å². The van der Waals surface area contributed by atoms with E-state index in [-0.39, 0.29) is 0 Å². The Morgan fingerprint density at radius 1 is 1.04 bits per heavy atom. The van der Waals surface area contributed by atoms with Crippen molar-refractivity contribution in [3.8, 4) is 11.3 Å². The first-order valence-electron chi connectivity index (χ1n) is 8.31. The van der Waals surface area contributed by atoms with Crippen LogP contribution in [0.25, 0.3) is 11.3 Å². The fourth-order valence-corrected chi connectivity index (χ4v) is 2.77. The number of halogens is 1. The molecule has 0 aliphatic carbocycles. The first-order valence-corrected chi connectivity index (χ1v) is 9.10. The SMILES string of the molecule is CN(C)CCNc1nc(Nc2cccc(Br)c2)cc(-c2ccncc2)n1. The van der Waals surface area contributed by atoms with Gasteiger partial charge in [0.05, 0.1) is 5.69 Å². The van der Waals surface area contributed by atoms with E-state index in [2.05, 4.69) is 46.4 Å². The minimum Gasteiger partial charge on any atom is -0.353 e. The number of rotatable bonds is 7. The number of likely N-dealkylation sites (N-methyl/N-ethyl adjacent to an activating group) is 1. The number of hydrogen-bond acceptors (Lipinski definition) is 6. The Bertz CT molecular complexity index is 854. The third-order valence-corrected chi connectivity index (χ3v) is 4.13. The van der Waals surface area contributed by atoms with Gasteiger partial charge in [0.15, 0.2) is 0 Å². The summed E-state index contributed by atoms with van der Waals surface area (Å²) in [6.45, 7) is 1.67. The van der Waals surface area contributed by atoms with Gasteiger partial charge in [0.25, 0.3) is 0 Å². The molecule has 0 bridgehead atoms. The summed E-state index contributed by atoms with van der Waals surface area (Å²) < 4.78 is 1.01. The second kappa shape index (κ2) is 8.73. The van der Waals surface area contributed by atoms with Gasteiger partial charge in [0, 0.05) is 47.3 Å². The lowest BCUT2D eigenvalue weighted by Gasteiger charge is -2.13. The molecule has 2 aromatic heterocycles. The summed E-state index contributed by atoms with van der Waals surface area (Å²) in [5.74, 6) is 1.33. The van der Waals surface area contributed by atoms with Gasteiger partial charge in [-0.15, -0.1) is 0 Å². The van der Waals surface area contributed by atoms with Crippen LogP contribution in [0.1, 0.15) is 0 Å². The predicted molar refractivity (Wildman–Crippen MR) is 110 cm³/mol. The Morgan fingerprint density at radius 2 is 1.85 bits per heavy atom. The molecule has 1 aromatic carbocycles. The molecule has 26 heavy (non-hydrogen) atoms. The van der Waals surface area contributed by atoms with E-state index < -0.39 is 0 Å². The zero-order valence-electron chi connectivity index (χ0n) is 14.8. The molecule has 3 aromatic rings. The molecule has 2 N–H and O–H groups in total. The van der Waals surface area contributed by atoms with Gasteiger partial charge in [-0.05, 0) is 44.4 Å². The molecule has 0 aliphatic heterocycles. The zero-order valence-corrected chi connectivity index (χ0v) is 16.4. The lowest BCUT2D eigenvalue weighted by Crippen LogP contribution is -2.21. The van der Waals surface area contributed by atoms with E-state index in [1.54, 1.807) is 12.4 Å². The quantitative estimate of drug-likeness (QED) is 0.610. The second-order valence-corrected chi connectivity index (χ2v) is 6.98. The largest absolute Gasteiger partial charge is 0.353 e. The third kappa shape index (κ3) is 5.24. The molecule has 0 saturated heterocycles. The van der Waals surface area contributed by atoms with E-state index in [1.807, 2.05) is 56.6 Å². The maximum absolute atomic E-state index is 4.64. The van der Waals surface area contributed by atoms with Crippen molar-refractivity contribution in [1.82, 2.24) is 19.9 Å². The molecule has 3 rings (SSSR count). The Morgan fingerprint density at radius 3 is 2.58 bits per heavy atom. The monoisotopic (exact) mass is 412 g/mol. The van der Waals surface area contributed by atoms with Crippen LogP contribution in [0.15, 0.2) is 59.3 Å². The van der Waals surface area contributed by atoms with Crippen LogP contribution in [0.3, 0.4) is 0 Å². The normalized spacial score (nSPS) is 10.8. The van der Waals surface area contributed by atoms with Crippen LogP contribution < -0.4 is 10.6 Å². The van der Waals surface area contributed by atoms with Crippen molar-refractivity contribution in [2.45, 2.75) is 0 Å². The summed E-state index contributed by atoms with van der Waals surface area (Å²) >= 11 is 3.49. The van der Waals surface area contributed by atoms with E-state index in [1.165, 1.54) is 0 Å². The molecule has 2 heterocycles. The van der Waals surface area contributed by atoms with Crippen molar-refractivity contribution in [2.75, 3.05) is 37.8 Å². The third-order valence-electron chi connectivity index (χ3n) is 3.64. The molecular weight excluding hydrogens is 392 g/mol. The molecule has 7 heteroatoms. The van der Waals surface area contributed by atoms with Crippen LogP contribution in [0.4, 0.5) is 17.5 Å². The molecule has 0 fully saturated rings. The molecule has 6 nitrogen and oxygen atoms in total. The lowest BCUT2D eigenvalue weighted by atomic mass is 10.2. The first-order chi connectivity index (χ1) is 12.6. The van der Waals surface area contributed by atoms with Gasteiger partial charge in [0.2, 0.25) is 5.95 Å². The zero-order chi connectivity index (χ0) is 18.4. The minimum atomic E-state index is 0.596. The predicted octanol–water partition coefficient (Wildman–Crippen LogP) is 4.02. The fraction of sp³-hybridized carbons (Fsp3) is 0.211. The van der Waals surface area contributed by atoms with E-state index >= 15 is 0 Å². The molecule has 134 valence electrons. The Hall–Kier alpha value is -2.51. The highest BCUT2D eigenvalue weighted by molar-refractivity contribution is 9.10. The molecule has 0 atom stereocenters. The topological polar surface area (TPSA) is 66.0 Å². The summed E-state index contributed by atoms with van der Waals surface area (Å²) in [5, 5.41) is 6.64. The number of pyridine rings is 1. The number of anilines is 3. The van der Waals surface area contributed by atoms with Crippen LogP contribution in [-0.2, 0) is 0 Å². The molecule has 0 amide bonds. The molecule has 0 saturated carbocycles. The maximum atomic E-state index is 4.64. The van der Waals surface area contributed by atoms with Crippen molar-refractivity contribution in [1.29, 1.82) is 0 Å². The standard InChI is InChI=1S/C19H21BrN6/c1-26(2)11-10-22-19-24-17(14-6-8-21-9-7-14)13-18(25-19)23-16-5-3-4-15(20)12-16/h3-9,12-13H,10-11H2,1-2H3,(H2,22,23,24,25). The van der Waals surface area contributed by atoms with Crippen molar-refractivity contribution in [3.05, 3.63) is 59.3 Å². The number of nitrogens with one attached hydrogen (secondary N) is 2. The summed E-state index contributed by atoms with van der Waals surface area (Å²) in [7, 11) is 4.08. The van der Waals surface area contributed by atoms with E-state index in [0.717, 1.165) is 40.3 Å². The van der Waals surface area contributed by atoms with Gasteiger partial charge in [-0.25, -0.2) is 4.98 Å². The van der Waals surface area contributed by atoms with Crippen molar-refractivity contribution < 1.29 is 0 Å². The summed E-state index contributed by atoms with van der Waals surface area (Å²) in [6, 6.07) is 13.8. The summed E-state index contributed by atoms with van der Waals surface area (Å²) in [4.78, 5) is 15.4. The molecular formula is C19H21BrN6. The van der Waals surface area contributed by atoms with Gasteiger partial charge in [-0.2, -0.15) is 4.98 Å². The van der Waals surface area contributed by atoms with E-state index in [0.29, 0.717) is 5.95 Å². The second-order valence-electron chi connectivity index (χ2n) is 6.06. The molecule has 0 unspecified atom stereocenters. The first kappa shape index (κ1) is 18.3. The summed E-state index contributed by atoms with van der Waals surface area (Å²) in [6.07, 6.45) is 3.52. The van der Waals surface area contributed by atoms with Crippen LogP contribution in [0.5, 0.6) is 0 Å².